The Labute approximate surface area is 184 Å². The molecule has 2 unspecified atom stereocenters. The van der Waals surface area contributed by atoms with Crippen LogP contribution in [0.4, 0.5) is 0 Å². The molecule has 2 aromatic heterocycles. The van der Waals surface area contributed by atoms with Crippen LogP contribution in [0, 0.1) is 5.92 Å². The monoisotopic (exact) mass is 443 g/mol. The molecule has 2 atom stereocenters. The lowest BCUT2D eigenvalue weighted by Crippen LogP contribution is -2.29. The highest BCUT2D eigenvalue weighted by atomic mass is 35.5. The highest BCUT2D eigenvalue weighted by Gasteiger charge is 2.40. The Morgan fingerprint density at radius 2 is 2.10 bits per heavy atom. The molecule has 0 bridgehead atoms. The van der Waals surface area contributed by atoms with E-state index in [1.165, 1.54) is 11.3 Å². The Morgan fingerprint density at radius 3 is 2.80 bits per heavy atom. The van der Waals surface area contributed by atoms with Crippen LogP contribution < -0.4 is 9.47 Å². The number of carbonyl (C=O) groups is 1. The Bertz CT molecular complexity index is 1050. The number of halogens is 1. The van der Waals surface area contributed by atoms with Gasteiger partial charge in [0.05, 0.1) is 25.8 Å². The van der Waals surface area contributed by atoms with Gasteiger partial charge in [0, 0.05) is 29.6 Å². The first-order valence-electron chi connectivity index (χ1n) is 9.59. The van der Waals surface area contributed by atoms with E-state index in [0.717, 1.165) is 21.7 Å². The minimum Gasteiger partial charge on any atom is -0.496 e. The van der Waals surface area contributed by atoms with E-state index in [1.807, 2.05) is 35.4 Å². The molecule has 3 heterocycles. The second-order valence-electron chi connectivity index (χ2n) is 7.23. The smallest absolute Gasteiger partial charge is 0.226 e. The van der Waals surface area contributed by atoms with Crippen LogP contribution in [-0.2, 0) is 11.3 Å². The van der Waals surface area contributed by atoms with Crippen LogP contribution in [0.5, 0.6) is 11.6 Å². The Kier molecular flexibility index (Phi) is 5.92. The number of hydrogen-bond donors (Lipinski definition) is 0. The van der Waals surface area contributed by atoms with Gasteiger partial charge in [-0.25, -0.2) is 9.97 Å². The lowest BCUT2D eigenvalue weighted by molar-refractivity contribution is -0.132. The van der Waals surface area contributed by atoms with Crippen LogP contribution in [0.2, 0.25) is 5.15 Å². The zero-order valence-electron chi connectivity index (χ0n) is 17.0. The topological polar surface area (TPSA) is 64.6 Å². The summed E-state index contributed by atoms with van der Waals surface area (Å²) in [5.41, 5.74) is 2.81. The summed E-state index contributed by atoms with van der Waals surface area (Å²) in [7, 11) is 3.20. The van der Waals surface area contributed by atoms with E-state index in [1.54, 1.807) is 26.5 Å². The summed E-state index contributed by atoms with van der Waals surface area (Å²) >= 11 is 7.48. The molecule has 3 aromatic rings. The molecule has 1 saturated heterocycles. The average Bonchev–Trinajstić information content (AvgIpc) is 3.32. The van der Waals surface area contributed by atoms with Crippen LogP contribution in [-0.4, -0.2) is 35.0 Å². The Hall–Kier alpha value is -2.64. The van der Waals surface area contributed by atoms with E-state index >= 15 is 0 Å². The molecule has 1 fully saturated rings. The molecule has 1 aliphatic rings. The number of methoxy groups -OCH3 is 2. The van der Waals surface area contributed by atoms with Crippen molar-refractivity contribution < 1.29 is 14.3 Å². The third kappa shape index (κ3) is 3.87. The fourth-order valence-corrected chi connectivity index (χ4v) is 4.88. The predicted octanol–water partition coefficient (Wildman–Crippen LogP) is 4.99. The zero-order valence-corrected chi connectivity index (χ0v) is 18.5. The molecule has 8 heteroatoms. The second-order valence-corrected chi connectivity index (χ2v) is 8.48. The van der Waals surface area contributed by atoms with Gasteiger partial charge in [-0.05, 0) is 24.1 Å². The standard InChI is InChI=1S/C22H22ClN3O3S/c1-13-9-16(19-17(28-2)7-8-24-20(19)29-3)26(22(13)27)11-14-5-4-6-15(10-14)21-25-18(23)12-30-21/h4-8,10,12-13,16H,9,11H2,1-3H3. The highest BCUT2D eigenvalue weighted by Crippen LogP contribution is 2.44. The summed E-state index contributed by atoms with van der Waals surface area (Å²) in [5, 5.41) is 3.15. The van der Waals surface area contributed by atoms with Crippen molar-refractivity contribution in [2.24, 2.45) is 5.92 Å². The largest absolute Gasteiger partial charge is 0.496 e. The minimum absolute atomic E-state index is 0.0921. The van der Waals surface area contributed by atoms with Gasteiger partial charge in [-0.3, -0.25) is 4.79 Å². The molecule has 0 aliphatic carbocycles. The third-order valence-corrected chi connectivity index (χ3v) is 6.54. The van der Waals surface area contributed by atoms with Crippen LogP contribution >= 0.6 is 22.9 Å². The van der Waals surface area contributed by atoms with Crippen molar-refractivity contribution in [3.05, 3.63) is 58.2 Å². The second kappa shape index (κ2) is 8.62. The van der Waals surface area contributed by atoms with Crippen LogP contribution in [0.1, 0.15) is 30.5 Å². The van der Waals surface area contributed by atoms with E-state index in [-0.39, 0.29) is 17.9 Å². The molecular weight excluding hydrogens is 422 g/mol. The maximum Gasteiger partial charge on any atom is 0.226 e. The average molecular weight is 444 g/mol. The first-order valence-corrected chi connectivity index (χ1v) is 10.8. The van der Waals surface area contributed by atoms with E-state index in [9.17, 15) is 4.79 Å². The molecular formula is C22H22ClN3O3S. The van der Waals surface area contributed by atoms with Gasteiger partial charge in [0.1, 0.15) is 15.9 Å². The summed E-state index contributed by atoms with van der Waals surface area (Å²) in [6.07, 6.45) is 2.33. The maximum atomic E-state index is 13.0. The Morgan fingerprint density at radius 1 is 1.27 bits per heavy atom. The molecule has 156 valence electrons. The van der Waals surface area contributed by atoms with E-state index in [0.29, 0.717) is 29.7 Å². The third-order valence-electron chi connectivity index (χ3n) is 5.32. The van der Waals surface area contributed by atoms with Crippen molar-refractivity contribution in [1.29, 1.82) is 0 Å². The van der Waals surface area contributed by atoms with Crippen LogP contribution in [0.3, 0.4) is 0 Å². The number of ether oxygens (including phenoxy) is 2. The predicted molar refractivity (Wildman–Crippen MR) is 117 cm³/mol. The van der Waals surface area contributed by atoms with Gasteiger partial charge in [0.25, 0.3) is 0 Å². The first kappa shape index (κ1) is 20.6. The number of rotatable bonds is 6. The first-order chi connectivity index (χ1) is 14.5. The van der Waals surface area contributed by atoms with Crippen LogP contribution in [0.15, 0.2) is 41.9 Å². The van der Waals surface area contributed by atoms with Crippen molar-refractivity contribution in [1.82, 2.24) is 14.9 Å². The fraction of sp³-hybridized carbons (Fsp3) is 0.318. The number of nitrogens with zero attached hydrogens (tertiary/aromatic N) is 3. The van der Waals surface area contributed by atoms with E-state index < -0.39 is 0 Å². The quantitative estimate of drug-likeness (QED) is 0.537. The molecule has 30 heavy (non-hydrogen) atoms. The molecule has 4 rings (SSSR count). The number of amides is 1. The summed E-state index contributed by atoms with van der Waals surface area (Å²) in [4.78, 5) is 23.6. The molecule has 1 aromatic carbocycles. The van der Waals surface area contributed by atoms with Gasteiger partial charge in [-0.2, -0.15) is 0 Å². The lowest BCUT2D eigenvalue weighted by atomic mass is 10.0. The number of pyridine rings is 1. The molecule has 1 amide bonds. The van der Waals surface area contributed by atoms with Gasteiger partial charge >= 0.3 is 0 Å². The van der Waals surface area contributed by atoms with Gasteiger partial charge in [-0.15, -0.1) is 11.3 Å². The van der Waals surface area contributed by atoms with Crippen LogP contribution in [0.25, 0.3) is 10.6 Å². The molecule has 0 radical (unpaired) electrons. The van der Waals surface area contributed by atoms with E-state index in [2.05, 4.69) is 16.0 Å². The summed E-state index contributed by atoms with van der Waals surface area (Å²) < 4.78 is 11.1. The lowest BCUT2D eigenvalue weighted by Gasteiger charge is -2.27. The maximum absolute atomic E-state index is 13.0. The van der Waals surface area contributed by atoms with Crippen molar-refractivity contribution in [3.63, 3.8) is 0 Å². The van der Waals surface area contributed by atoms with Crippen molar-refractivity contribution in [2.45, 2.75) is 25.9 Å². The zero-order chi connectivity index (χ0) is 21.3. The van der Waals surface area contributed by atoms with Crippen molar-refractivity contribution >= 4 is 28.8 Å². The molecule has 6 nitrogen and oxygen atoms in total. The number of hydrogen-bond acceptors (Lipinski definition) is 6. The summed E-state index contributed by atoms with van der Waals surface area (Å²) in [6.45, 7) is 2.43. The van der Waals surface area contributed by atoms with Gasteiger partial charge < -0.3 is 14.4 Å². The summed E-state index contributed by atoms with van der Waals surface area (Å²) in [6, 6.07) is 9.67. The summed E-state index contributed by atoms with van der Waals surface area (Å²) in [5.74, 6) is 1.17. The molecule has 0 saturated carbocycles. The SMILES string of the molecule is COc1ccnc(OC)c1C1CC(C)C(=O)N1Cc1cccc(-c2nc(Cl)cs2)c1. The Balaban J connectivity index is 1.69. The van der Waals surface area contributed by atoms with E-state index in [4.69, 9.17) is 21.1 Å². The molecule has 0 spiro atoms. The van der Waals surface area contributed by atoms with Crippen molar-refractivity contribution in [2.75, 3.05) is 14.2 Å². The number of carbonyl (C=O) groups excluding carboxylic acids is 1. The number of thiazole rings is 1. The van der Waals surface area contributed by atoms with Gasteiger partial charge in [-0.1, -0.05) is 36.7 Å². The van der Waals surface area contributed by atoms with Gasteiger partial charge in [0.2, 0.25) is 11.8 Å². The highest BCUT2D eigenvalue weighted by molar-refractivity contribution is 7.13. The van der Waals surface area contributed by atoms with Crippen molar-refractivity contribution in [3.8, 4) is 22.2 Å². The minimum atomic E-state index is -0.177. The number of aromatic nitrogens is 2. The molecule has 0 N–H and O–H groups in total. The normalized spacial score (nSPS) is 18.7. The fourth-order valence-electron chi connectivity index (χ4n) is 3.93. The van der Waals surface area contributed by atoms with Gasteiger partial charge in [0.15, 0.2) is 0 Å². The number of likely N-dealkylation sites (tertiary alicyclic amines) is 1. The molecule has 1 aliphatic heterocycles. The number of benzene rings is 1.